The van der Waals surface area contributed by atoms with Gasteiger partial charge in [0, 0.05) is 36.3 Å². The summed E-state index contributed by atoms with van der Waals surface area (Å²) in [5.41, 5.74) is 4.67. The largest absolute Gasteiger partial charge is 0.477 e. The van der Waals surface area contributed by atoms with Crippen molar-refractivity contribution in [2.45, 2.75) is 32.9 Å². The molecular formula is C21H23N3OS. The van der Waals surface area contributed by atoms with Crippen molar-refractivity contribution in [1.29, 1.82) is 0 Å². The summed E-state index contributed by atoms with van der Waals surface area (Å²) in [5, 5.41) is 6.63. The fourth-order valence-corrected chi connectivity index (χ4v) is 3.47. The van der Waals surface area contributed by atoms with E-state index < -0.39 is 0 Å². The van der Waals surface area contributed by atoms with Crippen LogP contribution in [-0.2, 0) is 13.1 Å². The van der Waals surface area contributed by atoms with Crippen molar-refractivity contribution < 1.29 is 4.74 Å². The average Bonchev–Trinajstić information content (AvgIpc) is 3.38. The molecule has 0 atom stereocenters. The highest BCUT2D eigenvalue weighted by atomic mass is 32.1. The van der Waals surface area contributed by atoms with Gasteiger partial charge in [0.1, 0.15) is 5.01 Å². The zero-order valence-electron chi connectivity index (χ0n) is 14.9. The average molecular weight is 366 g/mol. The second kappa shape index (κ2) is 7.98. The fourth-order valence-electron chi connectivity index (χ4n) is 2.64. The van der Waals surface area contributed by atoms with Gasteiger partial charge in [0.15, 0.2) is 0 Å². The lowest BCUT2D eigenvalue weighted by molar-refractivity contribution is 0.288. The SMILES string of the molecule is Cc1ccc(-c2nc(CNCc3ccc(OCC4CC4)nc3)cs2)cc1. The van der Waals surface area contributed by atoms with Gasteiger partial charge in [0.2, 0.25) is 5.88 Å². The highest BCUT2D eigenvalue weighted by molar-refractivity contribution is 7.13. The van der Waals surface area contributed by atoms with Crippen LogP contribution in [0.2, 0.25) is 0 Å². The quantitative estimate of drug-likeness (QED) is 0.634. The van der Waals surface area contributed by atoms with Crippen LogP contribution in [-0.4, -0.2) is 16.6 Å². The molecule has 0 radical (unpaired) electrons. The Hall–Kier alpha value is -2.24. The lowest BCUT2D eigenvalue weighted by Crippen LogP contribution is -2.13. The van der Waals surface area contributed by atoms with Crippen molar-refractivity contribution >= 4 is 11.3 Å². The van der Waals surface area contributed by atoms with Crippen LogP contribution in [0.1, 0.15) is 29.7 Å². The van der Waals surface area contributed by atoms with Gasteiger partial charge in [-0.05, 0) is 31.2 Å². The summed E-state index contributed by atoms with van der Waals surface area (Å²) < 4.78 is 5.67. The highest BCUT2D eigenvalue weighted by Gasteiger charge is 2.22. The molecule has 0 bridgehead atoms. The molecular weight excluding hydrogens is 342 g/mol. The predicted molar refractivity (Wildman–Crippen MR) is 105 cm³/mol. The van der Waals surface area contributed by atoms with Gasteiger partial charge in [-0.15, -0.1) is 11.3 Å². The van der Waals surface area contributed by atoms with Crippen LogP contribution in [0, 0.1) is 12.8 Å². The van der Waals surface area contributed by atoms with Gasteiger partial charge in [0.25, 0.3) is 0 Å². The van der Waals surface area contributed by atoms with Crippen molar-refractivity contribution in [3.05, 3.63) is 64.8 Å². The van der Waals surface area contributed by atoms with Crippen molar-refractivity contribution in [3.63, 3.8) is 0 Å². The molecule has 2 heterocycles. The molecule has 2 aromatic heterocycles. The summed E-state index contributed by atoms with van der Waals surface area (Å²) in [7, 11) is 0. The number of benzene rings is 1. The van der Waals surface area contributed by atoms with E-state index in [1.807, 2.05) is 12.3 Å². The molecule has 4 nitrogen and oxygen atoms in total. The predicted octanol–water partition coefficient (Wildman–Crippen LogP) is 4.59. The number of hydrogen-bond donors (Lipinski definition) is 1. The molecule has 0 saturated heterocycles. The molecule has 134 valence electrons. The molecule has 3 aromatic rings. The third kappa shape index (κ3) is 4.68. The van der Waals surface area contributed by atoms with Crippen LogP contribution >= 0.6 is 11.3 Å². The van der Waals surface area contributed by atoms with Gasteiger partial charge in [0.05, 0.1) is 12.3 Å². The minimum Gasteiger partial charge on any atom is -0.477 e. The van der Waals surface area contributed by atoms with Crippen LogP contribution in [0.25, 0.3) is 10.6 Å². The Balaban J connectivity index is 1.26. The molecule has 0 unspecified atom stereocenters. The maximum Gasteiger partial charge on any atom is 0.213 e. The molecule has 5 heteroatoms. The van der Waals surface area contributed by atoms with E-state index in [4.69, 9.17) is 9.72 Å². The van der Waals surface area contributed by atoms with Crippen molar-refractivity contribution in [2.75, 3.05) is 6.61 Å². The van der Waals surface area contributed by atoms with Gasteiger partial charge < -0.3 is 10.1 Å². The van der Waals surface area contributed by atoms with E-state index in [2.05, 4.69) is 52.9 Å². The number of nitrogens with one attached hydrogen (secondary N) is 1. The molecule has 0 amide bonds. The maximum absolute atomic E-state index is 5.67. The number of ether oxygens (including phenoxy) is 1. The Morgan fingerprint density at radius 3 is 2.69 bits per heavy atom. The first kappa shape index (κ1) is 17.2. The van der Waals surface area contributed by atoms with E-state index in [0.717, 1.165) is 47.8 Å². The summed E-state index contributed by atoms with van der Waals surface area (Å²) in [6, 6.07) is 12.5. The first-order valence-electron chi connectivity index (χ1n) is 9.06. The lowest BCUT2D eigenvalue weighted by atomic mass is 10.2. The van der Waals surface area contributed by atoms with Crippen LogP contribution in [0.4, 0.5) is 0 Å². The second-order valence-electron chi connectivity index (χ2n) is 6.87. The number of aryl methyl sites for hydroxylation is 1. The summed E-state index contributed by atoms with van der Waals surface area (Å²) in [4.78, 5) is 9.10. The molecule has 1 fully saturated rings. The molecule has 1 N–H and O–H groups in total. The first-order chi connectivity index (χ1) is 12.8. The minimum absolute atomic E-state index is 0.725. The van der Waals surface area contributed by atoms with Crippen molar-refractivity contribution in [1.82, 2.24) is 15.3 Å². The Bertz CT molecular complexity index is 838. The van der Waals surface area contributed by atoms with E-state index in [1.54, 1.807) is 11.3 Å². The molecule has 1 saturated carbocycles. The van der Waals surface area contributed by atoms with Crippen molar-refractivity contribution in [3.8, 4) is 16.5 Å². The summed E-state index contributed by atoms with van der Waals surface area (Å²) in [6.45, 7) is 4.43. The topological polar surface area (TPSA) is 47.0 Å². The summed E-state index contributed by atoms with van der Waals surface area (Å²) >= 11 is 1.69. The van der Waals surface area contributed by atoms with E-state index in [1.165, 1.54) is 24.0 Å². The summed E-state index contributed by atoms with van der Waals surface area (Å²) in [6.07, 6.45) is 4.47. The zero-order valence-corrected chi connectivity index (χ0v) is 15.8. The summed E-state index contributed by atoms with van der Waals surface area (Å²) in [5.74, 6) is 1.48. The van der Waals surface area contributed by atoms with Gasteiger partial charge in [-0.25, -0.2) is 9.97 Å². The number of hydrogen-bond acceptors (Lipinski definition) is 5. The maximum atomic E-state index is 5.67. The normalized spacial score (nSPS) is 13.7. The molecule has 1 aromatic carbocycles. The number of pyridine rings is 1. The third-order valence-electron chi connectivity index (χ3n) is 4.45. The zero-order chi connectivity index (χ0) is 17.8. The molecule has 4 rings (SSSR count). The van der Waals surface area contributed by atoms with Crippen LogP contribution in [0.15, 0.2) is 48.0 Å². The number of aromatic nitrogens is 2. The Labute approximate surface area is 158 Å². The minimum atomic E-state index is 0.725. The standard InChI is InChI=1S/C21H23N3OS/c1-15-2-7-18(8-3-15)21-24-19(14-26-21)12-22-10-17-6-9-20(23-11-17)25-13-16-4-5-16/h2-3,6-9,11,14,16,22H,4-5,10,12-13H2,1H3. The van der Waals surface area contributed by atoms with Gasteiger partial charge >= 0.3 is 0 Å². The van der Waals surface area contributed by atoms with Crippen LogP contribution in [0.3, 0.4) is 0 Å². The smallest absolute Gasteiger partial charge is 0.213 e. The van der Waals surface area contributed by atoms with Gasteiger partial charge in [-0.2, -0.15) is 0 Å². The Kier molecular flexibility index (Phi) is 5.27. The molecule has 0 spiro atoms. The van der Waals surface area contributed by atoms with E-state index >= 15 is 0 Å². The molecule has 26 heavy (non-hydrogen) atoms. The monoisotopic (exact) mass is 365 g/mol. The molecule has 1 aliphatic carbocycles. The molecule has 0 aliphatic heterocycles. The van der Waals surface area contributed by atoms with Crippen LogP contribution in [0.5, 0.6) is 5.88 Å². The Morgan fingerprint density at radius 2 is 1.96 bits per heavy atom. The van der Waals surface area contributed by atoms with Crippen LogP contribution < -0.4 is 10.1 Å². The fraction of sp³-hybridized carbons (Fsp3) is 0.333. The van der Waals surface area contributed by atoms with Gasteiger partial charge in [-0.3, -0.25) is 0 Å². The van der Waals surface area contributed by atoms with E-state index in [9.17, 15) is 0 Å². The number of thiazole rings is 1. The molecule has 1 aliphatic rings. The second-order valence-corrected chi connectivity index (χ2v) is 7.73. The van der Waals surface area contributed by atoms with E-state index in [0.29, 0.717) is 0 Å². The van der Waals surface area contributed by atoms with E-state index in [-0.39, 0.29) is 0 Å². The third-order valence-corrected chi connectivity index (χ3v) is 5.39. The highest BCUT2D eigenvalue weighted by Crippen LogP contribution is 2.29. The van der Waals surface area contributed by atoms with Crippen molar-refractivity contribution in [2.24, 2.45) is 5.92 Å². The number of rotatable bonds is 8. The van der Waals surface area contributed by atoms with Gasteiger partial charge in [-0.1, -0.05) is 35.9 Å². The number of nitrogens with zero attached hydrogens (tertiary/aromatic N) is 2. The Morgan fingerprint density at radius 1 is 1.12 bits per heavy atom. The first-order valence-corrected chi connectivity index (χ1v) is 9.94. The lowest BCUT2D eigenvalue weighted by Gasteiger charge is -2.06.